The molecule has 3 aliphatic rings. The molecule has 2 amide bonds. The Bertz CT molecular complexity index is 930. The highest BCUT2D eigenvalue weighted by molar-refractivity contribution is 7.93. The molecule has 0 aromatic heterocycles. The Morgan fingerprint density at radius 1 is 1.15 bits per heavy atom. The maximum Gasteiger partial charge on any atom is 0.254 e. The van der Waals surface area contributed by atoms with Crippen LogP contribution in [0, 0.1) is 12.8 Å². The van der Waals surface area contributed by atoms with Crippen LogP contribution < -0.4 is 0 Å². The number of rotatable bonds is 2. The van der Waals surface area contributed by atoms with E-state index in [4.69, 9.17) is 0 Å². The van der Waals surface area contributed by atoms with Crippen molar-refractivity contribution in [2.45, 2.75) is 37.4 Å². The summed E-state index contributed by atoms with van der Waals surface area (Å²) in [5.74, 6) is -0.777. The van der Waals surface area contributed by atoms with Gasteiger partial charge in [-0.25, -0.2) is 8.42 Å². The smallest absolute Gasteiger partial charge is 0.254 e. The van der Waals surface area contributed by atoms with Gasteiger partial charge in [-0.1, -0.05) is 6.07 Å². The van der Waals surface area contributed by atoms with Crippen molar-refractivity contribution < 1.29 is 18.0 Å². The van der Waals surface area contributed by atoms with Crippen molar-refractivity contribution in [2.75, 3.05) is 32.9 Å². The van der Waals surface area contributed by atoms with Crippen LogP contribution in [-0.4, -0.2) is 67.7 Å². The maximum atomic E-state index is 13.1. The molecule has 0 saturated carbocycles. The summed E-state index contributed by atoms with van der Waals surface area (Å²) in [6, 6.07) is 3.86. The van der Waals surface area contributed by atoms with Gasteiger partial charge in [0.1, 0.15) is 4.75 Å². The lowest BCUT2D eigenvalue weighted by molar-refractivity contribution is -0.135. The molecular formula is C20H26N2O4S. The molecular weight excluding hydrogens is 364 g/mol. The lowest BCUT2D eigenvalue weighted by atomic mass is 9.81. The van der Waals surface area contributed by atoms with Crippen LogP contribution in [0.4, 0.5) is 0 Å². The number of benzene rings is 1. The normalized spacial score (nSPS) is 24.6. The molecule has 146 valence electrons. The van der Waals surface area contributed by atoms with E-state index < -0.39 is 20.5 Å². The van der Waals surface area contributed by atoms with Crippen molar-refractivity contribution in [3.05, 3.63) is 34.4 Å². The zero-order chi connectivity index (χ0) is 19.6. The minimum atomic E-state index is -3.39. The SMILES string of the molecule is Cc1ccc(C(=O)N2CC3(C2)C(C(=O)N(C)C)CCS3(=O)=O)c2c1CCC2. The topological polar surface area (TPSA) is 74.8 Å². The highest BCUT2D eigenvalue weighted by atomic mass is 32.2. The summed E-state index contributed by atoms with van der Waals surface area (Å²) in [5.41, 5.74) is 4.31. The van der Waals surface area contributed by atoms with Crippen LogP contribution in [0.25, 0.3) is 0 Å². The molecule has 1 aliphatic carbocycles. The lowest BCUT2D eigenvalue weighted by Gasteiger charge is -2.49. The van der Waals surface area contributed by atoms with Crippen LogP contribution in [-0.2, 0) is 27.5 Å². The molecule has 4 rings (SSSR count). The first-order valence-electron chi connectivity index (χ1n) is 9.52. The predicted molar refractivity (Wildman–Crippen MR) is 102 cm³/mol. The molecule has 2 saturated heterocycles. The standard InChI is InChI=1S/C20H26N2O4S/c1-13-7-8-16(15-6-4-5-14(13)15)18(23)22-11-20(12-22)17(19(24)21(2)3)9-10-27(20,25)26/h7-8,17H,4-6,9-12H2,1-3H3. The van der Waals surface area contributed by atoms with E-state index in [2.05, 4.69) is 6.92 Å². The van der Waals surface area contributed by atoms with Gasteiger partial charge in [-0.3, -0.25) is 9.59 Å². The van der Waals surface area contributed by atoms with Crippen LogP contribution >= 0.6 is 0 Å². The molecule has 7 heteroatoms. The van der Waals surface area contributed by atoms with Crippen molar-refractivity contribution in [3.63, 3.8) is 0 Å². The lowest BCUT2D eigenvalue weighted by Crippen LogP contribution is -2.69. The van der Waals surface area contributed by atoms with Gasteiger partial charge in [0.15, 0.2) is 9.84 Å². The van der Waals surface area contributed by atoms with Gasteiger partial charge >= 0.3 is 0 Å². The molecule has 0 N–H and O–H groups in total. The number of hydrogen-bond acceptors (Lipinski definition) is 4. The monoisotopic (exact) mass is 390 g/mol. The largest absolute Gasteiger partial charge is 0.349 e. The molecule has 2 aliphatic heterocycles. The Labute approximate surface area is 160 Å². The summed E-state index contributed by atoms with van der Waals surface area (Å²) in [6.07, 6.45) is 3.30. The first-order valence-corrected chi connectivity index (χ1v) is 11.2. The second kappa shape index (κ2) is 6.06. The number of amides is 2. The summed E-state index contributed by atoms with van der Waals surface area (Å²) in [4.78, 5) is 28.7. The van der Waals surface area contributed by atoms with E-state index >= 15 is 0 Å². The molecule has 1 aromatic rings. The number of carbonyl (C=O) groups is 2. The quantitative estimate of drug-likeness (QED) is 0.761. The summed E-state index contributed by atoms with van der Waals surface area (Å²) < 4.78 is 24.4. The first-order chi connectivity index (χ1) is 12.7. The van der Waals surface area contributed by atoms with E-state index in [-0.39, 0.29) is 30.7 Å². The second-order valence-corrected chi connectivity index (χ2v) is 10.8. The van der Waals surface area contributed by atoms with Crippen LogP contribution in [0.15, 0.2) is 12.1 Å². The number of likely N-dealkylation sites (tertiary alicyclic amines) is 1. The van der Waals surface area contributed by atoms with Crippen LogP contribution in [0.1, 0.15) is 39.9 Å². The Balaban J connectivity index is 1.61. The van der Waals surface area contributed by atoms with Gasteiger partial charge in [-0.05, 0) is 55.4 Å². The van der Waals surface area contributed by atoms with Gasteiger partial charge < -0.3 is 9.80 Å². The minimum absolute atomic E-state index is 0.0270. The second-order valence-electron chi connectivity index (χ2n) is 8.36. The molecule has 1 unspecified atom stereocenters. The van der Waals surface area contributed by atoms with Crippen molar-refractivity contribution >= 4 is 21.7 Å². The van der Waals surface area contributed by atoms with Gasteiger partial charge in [0.05, 0.1) is 11.7 Å². The van der Waals surface area contributed by atoms with Crippen LogP contribution in [0.5, 0.6) is 0 Å². The number of carbonyl (C=O) groups excluding carboxylic acids is 2. The Morgan fingerprint density at radius 3 is 2.48 bits per heavy atom. The predicted octanol–water partition coefficient (Wildman–Crippen LogP) is 1.20. The molecule has 6 nitrogen and oxygen atoms in total. The number of hydrogen-bond donors (Lipinski definition) is 0. The number of sulfone groups is 1. The highest BCUT2D eigenvalue weighted by Gasteiger charge is 2.65. The van der Waals surface area contributed by atoms with E-state index in [1.165, 1.54) is 16.0 Å². The van der Waals surface area contributed by atoms with E-state index in [1.54, 1.807) is 19.0 Å². The third kappa shape index (κ3) is 2.54. The summed E-state index contributed by atoms with van der Waals surface area (Å²) in [5, 5.41) is 0. The van der Waals surface area contributed by atoms with Crippen molar-refractivity contribution in [1.29, 1.82) is 0 Å². The zero-order valence-electron chi connectivity index (χ0n) is 16.1. The Morgan fingerprint density at radius 2 is 1.81 bits per heavy atom. The van der Waals surface area contributed by atoms with E-state index in [0.717, 1.165) is 24.8 Å². The molecule has 0 radical (unpaired) electrons. The van der Waals surface area contributed by atoms with Crippen molar-refractivity contribution in [1.82, 2.24) is 9.80 Å². The van der Waals surface area contributed by atoms with Crippen LogP contribution in [0.3, 0.4) is 0 Å². The van der Waals surface area contributed by atoms with Crippen molar-refractivity contribution in [2.24, 2.45) is 5.92 Å². The third-order valence-corrected chi connectivity index (χ3v) is 9.18. The highest BCUT2D eigenvalue weighted by Crippen LogP contribution is 2.46. The van der Waals surface area contributed by atoms with E-state index in [1.807, 2.05) is 12.1 Å². The number of aryl methyl sites for hydroxylation is 1. The third-order valence-electron chi connectivity index (χ3n) is 6.62. The Hall–Kier alpha value is -1.89. The molecule has 1 atom stereocenters. The Kier molecular flexibility index (Phi) is 4.14. The minimum Gasteiger partial charge on any atom is -0.349 e. The molecule has 2 fully saturated rings. The molecule has 1 aromatic carbocycles. The van der Waals surface area contributed by atoms with Gasteiger partial charge in [0.25, 0.3) is 5.91 Å². The fourth-order valence-corrected chi connectivity index (χ4v) is 7.34. The molecule has 27 heavy (non-hydrogen) atoms. The number of fused-ring (bicyclic) bond motifs is 1. The average Bonchev–Trinajstić information content (AvgIpc) is 3.15. The maximum absolute atomic E-state index is 13.1. The van der Waals surface area contributed by atoms with Gasteiger partial charge in [-0.2, -0.15) is 0 Å². The molecule has 1 spiro atoms. The average molecular weight is 391 g/mol. The number of nitrogens with zero attached hydrogens (tertiary/aromatic N) is 2. The van der Waals surface area contributed by atoms with E-state index in [0.29, 0.717) is 12.0 Å². The van der Waals surface area contributed by atoms with Crippen molar-refractivity contribution in [3.8, 4) is 0 Å². The van der Waals surface area contributed by atoms with Crippen LogP contribution in [0.2, 0.25) is 0 Å². The summed E-state index contributed by atoms with van der Waals surface area (Å²) >= 11 is 0. The fraction of sp³-hybridized carbons (Fsp3) is 0.600. The first kappa shape index (κ1) is 18.5. The summed E-state index contributed by atoms with van der Waals surface area (Å²) in [7, 11) is -0.0839. The molecule has 0 bridgehead atoms. The van der Waals surface area contributed by atoms with Gasteiger partial charge in [0.2, 0.25) is 5.91 Å². The van der Waals surface area contributed by atoms with Gasteiger partial charge in [0, 0.05) is 32.7 Å². The fourth-order valence-electron chi connectivity index (χ4n) is 5.03. The molecule has 2 heterocycles. The van der Waals surface area contributed by atoms with Gasteiger partial charge in [-0.15, -0.1) is 0 Å². The summed E-state index contributed by atoms with van der Waals surface area (Å²) in [6.45, 7) is 2.32. The van der Waals surface area contributed by atoms with E-state index in [9.17, 15) is 18.0 Å². The zero-order valence-corrected chi connectivity index (χ0v) is 16.9.